The van der Waals surface area contributed by atoms with Crippen molar-refractivity contribution in [2.24, 2.45) is 0 Å². The zero-order valence-electron chi connectivity index (χ0n) is 13.3. The molecule has 5 heteroatoms. The van der Waals surface area contributed by atoms with E-state index in [0.717, 1.165) is 11.1 Å². The second kappa shape index (κ2) is 7.78. The first kappa shape index (κ1) is 17.2. The maximum atomic E-state index is 12.6. The van der Waals surface area contributed by atoms with E-state index in [0.29, 0.717) is 17.7 Å². The van der Waals surface area contributed by atoms with Gasteiger partial charge in [0.2, 0.25) is 0 Å². The molecule has 1 rings (SSSR count). The average molecular weight is 293 g/mol. The lowest BCUT2D eigenvalue weighted by Gasteiger charge is -2.17. The molecule has 0 saturated carbocycles. The molecule has 0 aliphatic rings. The van der Waals surface area contributed by atoms with Crippen LogP contribution in [0.25, 0.3) is 0 Å². The van der Waals surface area contributed by atoms with Crippen LogP contribution in [0.1, 0.15) is 34.3 Å². The van der Waals surface area contributed by atoms with Gasteiger partial charge in [-0.1, -0.05) is 0 Å². The number of aryl methyl sites for hydroxylation is 2. The SMILES string of the molecule is CNC(CCC(=O)OC)C(=O)c1cc(C)c(C)cc1OC. The van der Waals surface area contributed by atoms with E-state index in [1.165, 1.54) is 7.11 Å². The molecule has 0 aliphatic heterocycles. The van der Waals surface area contributed by atoms with E-state index < -0.39 is 6.04 Å². The zero-order valence-corrected chi connectivity index (χ0v) is 13.3. The highest BCUT2D eigenvalue weighted by molar-refractivity contribution is 6.02. The molecule has 0 bridgehead atoms. The second-order valence-electron chi connectivity index (χ2n) is 4.96. The number of benzene rings is 1. The van der Waals surface area contributed by atoms with Gasteiger partial charge in [0, 0.05) is 6.42 Å². The minimum atomic E-state index is -0.444. The van der Waals surface area contributed by atoms with E-state index in [-0.39, 0.29) is 18.2 Å². The monoisotopic (exact) mass is 293 g/mol. The van der Waals surface area contributed by atoms with Gasteiger partial charge in [-0.25, -0.2) is 0 Å². The number of methoxy groups -OCH3 is 2. The Morgan fingerprint density at radius 2 is 1.81 bits per heavy atom. The molecule has 0 spiro atoms. The van der Waals surface area contributed by atoms with E-state index in [4.69, 9.17) is 4.74 Å². The molecule has 5 nitrogen and oxygen atoms in total. The van der Waals surface area contributed by atoms with Crippen LogP contribution in [0.15, 0.2) is 12.1 Å². The van der Waals surface area contributed by atoms with Gasteiger partial charge in [-0.2, -0.15) is 0 Å². The first-order chi connectivity index (χ1) is 9.94. The molecular formula is C16H23NO4. The Balaban J connectivity index is 2.99. The van der Waals surface area contributed by atoms with Gasteiger partial charge in [-0.05, 0) is 50.6 Å². The van der Waals surface area contributed by atoms with Crippen molar-refractivity contribution >= 4 is 11.8 Å². The number of likely N-dealkylation sites (N-methyl/N-ethyl adjacent to an activating group) is 1. The Kier molecular flexibility index (Phi) is 6.37. The van der Waals surface area contributed by atoms with Crippen molar-refractivity contribution in [3.05, 3.63) is 28.8 Å². The Morgan fingerprint density at radius 1 is 1.19 bits per heavy atom. The van der Waals surface area contributed by atoms with E-state index >= 15 is 0 Å². The van der Waals surface area contributed by atoms with Crippen LogP contribution in [0.2, 0.25) is 0 Å². The van der Waals surface area contributed by atoms with Crippen LogP contribution in [0.4, 0.5) is 0 Å². The van der Waals surface area contributed by atoms with Gasteiger partial charge in [-0.3, -0.25) is 9.59 Å². The summed E-state index contributed by atoms with van der Waals surface area (Å²) in [7, 11) is 4.59. The van der Waals surface area contributed by atoms with Gasteiger partial charge in [0.15, 0.2) is 5.78 Å². The van der Waals surface area contributed by atoms with E-state index in [2.05, 4.69) is 10.1 Å². The standard InChI is InChI=1S/C16H23NO4/c1-10-8-12(14(20-4)9-11(10)2)16(19)13(17-3)6-7-15(18)21-5/h8-9,13,17H,6-7H2,1-5H3. The molecule has 0 aromatic heterocycles. The Labute approximate surface area is 125 Å². The molecule has 0 aliphatic carbocycles. The highest BCUT2D eigenvalue weighted by atomic mass is 16.5. The van der Waals surface area contributed by atoms with Crippen molar-refractivity contribution < 1.29 is 19.1 Å². The predicted octanol–water partition coefficient (Wildman–Crippen LogP) is 2.04. The van der Waals surface area contributed by atoms with Crippen LogP contribution in [0, 0.1) is 13.8 Å². The lowest BCUT2D eigenvalue weighted by Crippen LogP contribution is -2.35. The Hall–Kier alpha value is -1.88. The summed E-state index contributed by atoms with van der Waals surface area (Å²) in [6, 6.07) is 3.24. The molecule has 0 radical (unpaired) electrons. The number of hydrogen-bond acceptors (Lipinski definition) is 5. The Morgan fingerprint density at radius 3 is 2.33 bits per heavy atom. The fourth-order valence-corrected chi connectivity index (χ4v) is 2.11. The van der Waals surface area contributed by atoms with Crippen molar-refractivity contribution in [1.29, 1.82) is 0 Å². The fraction of sp³-hybridized carbons (Fsp3) is 0.500. The molecule has 116 valence electrons. The number of hydrogen-bond donors (Lipinski definition) is 1. The topological polar surface area (TPSA) is 64.6 Å². The third-order valence-corrected chi connectivity index (χ3v) is 3.61. The van der Waals surface area contributed by atoms with Crippen molar-refractivity contribution in [3.8, 4) is 5.75 Å². The van der Waals surface area contributed by atoms with E-state index in [1.807, 2.05) is 26.0 Å². The van der Waals surface area contributed by atoms with Gasteiger partial charge >= 0.3 is 5.97 Å². The van der Waals surface area contributed by atoms with Gasteiger partial charge < -0.3 is 14.8 Å². The third-order valence-electron chi connectivity index (χ3n) is 3.61. The van der Waals surface area contributed by atoms with Crippen LogP contribution >= 0.6 is 0 Å². The van der Waals surface area contributed by atoms with E-state index in [9.17, 15) is 9.59 Å². The first-order valence-corrected chi connectivity index (χ1v) is 6.88. The minimum Gasteiger partial charge on any atom is -0.496 e. The number of rotatable bonds is 7. The number of carbonyl (C=O) groups is 2. The molecule has 0 fully saturated rings. The number of carbonyl (C=O) groups excluding carboxylic acids is 2. The van der Waals surface area contributed by atoms with E-state index in [1.54, 1.807) is 14.2 Å². The van der Waals surface area contributed by atoms with Crippen molar-refractivity contribution in [3.63, 3.8) is 0 Å². The number of ether oxygens (including phenoxy) is 2. The average Bonchev–Trinajstić information content (AvgIpc) is 2.49. The first-order valence-electron chi connectivity index (χ1n) is 6.88. The largest absolute Gasteiger partial charge is 0.496 e. The van der Waals surface area contributed by atoms with Crippen LogP contribution in [-0.2, 0) is 9.53 Å². The molecular weight excluding hydrogens is 270 g/mol. The summed E-state index contributed by atoms with van der Waals surface area (Å²) in [4.78, 5) is 23.9. The molecule has 0 amide bonds. The van der Waals surface area contributed by atoms with Gasteiger partial charge in [0.25, 0.3) is 0 Å². The molecule has 1 aromatic rings. The summed E-state index contributed by atoms with van der Waals surface area (Å²) in [5, 5.41) is 2.95. The number of nitrogens with one attached hydrogen (secondary N) is 1. The number of esters is 1. The summed E-state index contributed by atoms with van der Waals surface area (Å²) in [5.41, 5.74) is 2.63. The molecule has 1 atom stereocenters. The highest BCUT2D eigenvalue weighted by Crippen LogP contribution is 2.25. The molecule has 1 aromatic carbocycles. The number of ketones is 1. The Bertz CT molecular complexity index is 525. The molecule has 1 N–H and O–H groups in total. The van der Waals surface area contributed by atoms with Gasteiger partial charge in [0.1, 0.15) is 5.75 Å². The fourth-order valence-electron chi connectivity index (χ4n) is 2.11. The lowest BCUT2D eigenvalue weighted by molar-refractivity contribution is -0.140. The molecule has 0 heterocycles. The van der Waals surface area contributed by atoms with Gasteiger partial charge in [-0.15, -0.1) is 0 Å². The zero-order chi connectivity index (χ0) is 16.0. The van der Waals surface area contributed by atoms with Crippen molar-refractivity contribution in [2.45, 2.75) is 32.7 Å². The summed E-state index contributed by atoms with van der Waals surface area (Å²) in [5.74, 6) is 0.151. The second-order valence-corrected chi connectivity index (χ2v) is 4.96. The molecule has 21 heavy (non-hydrogen) atoms. The number of Topliss-reactive ketones (excluding diaryl/α,β-unsaturated/α-hetero) is 1. The minimum absolute atomic E-state index is 0.0821. The quantitative estimate of drug-likeness (QED) is 0.615. The van der Waals surface area contributed by atoms with Crippen molar-refractivity contribution in [2.75, 3.05) is 21.3 Å². The maximum Gasteiger partial charge on any atom is 0.305 e. The normalized spacial score (nSPS) is 11.9. The summed E-state index contributed by atoms with van der Waals surface area (Å²) in [6.07, 6.45) is 0.582. The van der Waals surface area contributed by atoms with Crippen LogP contribution < -0.4 is 10.1 Å². The van der Waals surface area contributed by atoms with Crippen LogP contribution in [0.3, 0.4) is 0 Å². The lowest BCUT2D eigenvalue weighted by atomic mass is 9.96. The third kappa shape index (κ3) is 4.29. The predicted molar refractivity (Wildman–Crippen MR) is 80.9 cm³/mol. The smallest absolute Gasteiger partial charge is 0.305 e. The van der Waals surface area contributed by atoms with Crippen LogP contribution in [0.5, 0.6) is 5.75 Å². The maximum absolute atomic E-state index is 12.6. The molecule has 0 saturated heterocycles. The summed E-state index contributed by atoms with van der Waals surface area (Å²) < 4.78 is 9.91. The van der Waals surface area contributed by atoms with Crippen molar-refractivity contribution in [1.82, 2.24) is 5.32 Å². The van der Waals surface area contributed by atoms with Crippen LogP contribution in [-0.4, -0.2) is 39.1 Å². The van der Waals surface area contributed by atoms with Gasteiger partial charge in [0.05, 0.1) is 25.8 Å². The molecule has 1 unspecified atom stereocenters. The highest BCUT2D eigenvalue weighted by Gasteiger charge is 2.23. The summed E-state index contributed by atoms with van der Waals surface area (Å²) >= 11 is 0. The summed E-state index contributed by atoms with van der Waals surface area (Å²) in [6.45, 7) is 3.92.